The van der Waals surface area contributed by atoms with Crippen LogP contribution in [0.25, 0.3) is 23.0 Å². The van der Waals surface area contributed by atoms with Gasteiger partial charge in [0, 0.05) is 23.2 Å². The van der Waals surface area contributed by atoms with Crippen molar-refractivity contribution in [1.82, 2.24) is 25.2 Å². The Kier molecular flexibility index (Phi) is 3.61. The number of anilines is 1. The molecule has 1 saturated carbocycles. The van der Waals surface area contributed by atoms with Gasteiger partial charge in [-0.05, 0) is 31.1 Å². The minimum absolute atomic E-state index is 0.120. The number of rotatable bonds is 4. The highest BCUT2D eigenvalue weighted by Gasteiger charge is 2.25. The van der Waals surface area contributed by atoms with E-state index in [1.165, 1.54) is 18.2 Å². The zero-order valence-electron chi connectivity index (χ0n) is 14.6. The number of nitrogens with one attached hydrogen (secondary N) is 3. The summed E-state index contributed by atoms with van der Waals surface area (Å²) >= 11 is 0. The lowest BCUT2D eigenvalue weighted by Gasteiger charge is -2.10. The van der Waals surface area contributed by atoms with Crippen LogP contribution in [0.5, 0.6) is 0 Å². The highest BCUT2D eigenvalue weighted by molar-refractivity contribution is 6.14. The molecule has 0 atom stereocenters. The van der Waals surface area contributed by atoms with Crippen molar-refractivity contribution in [1.29, 1.82) is 0 Å². The monoisotopic (exact) mass is 378 g/mol. The summed E-state index contributed by atoms with van der Waals surface area (Å²) in [6.45, 7) is 0. The third-order valence-corrected chi connectivity index (χ3v) is 4.57. The SMILES string of the molecule is O=C1NC(=O)/C(=C\c2cnn3c(NC4CC4)cc(-c4cccc(F)c4)nc23)N1. The summed E-state index contributed by atoms with van der Waals surface area (Å²) < 4.78 is 15.3. The Bertz CT molecular complexity index is 1160. The second-order valence-corrected chi connectivity index (χ2v) is 6.76. The molecule has 1 saturated heterocycles. The first-order valence-corrected chi connectivity index (χ1v) is 8.82. The van der Waals surface area contributed by atoms with Crippen LogP contribution in [0.2, 0.25) is 0 Å². The van der Waals surface area contributed by atoms with Crippen LogP contribution in [0.1, 0.15) is 18.4 Å². The third kappa shape index (κ3) is 2.96. The molecular weight excluding hydrogens is 363 g/mol. The van der Waals surface area contributed by atoms with E-state index in [9.17, 15) is 14.0 Å². The van der Waals surface area contributed by atoms with E-state index in [0.29, 0.717) is 28.5 Å². The van der Waals surface area contributed by atoms with Gasteiger partial charge in [0.25, 0.3) is 5.91 Å². The molecule has 3 heterocycles. The molecule has 5 rings (SSSR count). The Balaban J connectivity index is 1.66. The molecule has 8 nitrogen and oxygen atoms in total. The van der Waals surface area contributed by atoms with Crippen LogP contribution in [0.15, 0.2) is 42.2 Å². The van der Waals surface area contributed by atoms with E-state index in [1.54, 1.807) is 22.8 Å². The summed E-state index contributed by atoms with van der Waals surface area (Å²) in [6.07, 6.45) is 5.24. The standard InChI is InChI=1S/C19H15FN6O2/c20-12-3-1-2-10(6-12)14-8-16(22-13-4-5-13)26-17(23-14)11(9-21-26)7-15-18(27)25-19(28)24-15/h1-3,6-9,13,22H,4-5H2,(H2,24,25,27,28)/b15-7+. The molecule has 28 heavy (non-hydrogen) atoms. The first kappa shape index (κ1) is 16.4. The van der Waals surface area contributed by atoms with Gasteiger partial charge in [-0.1, -0.05) is 12.1 Å². The fourth-order valence-corrected chi connectivity index (χ4v) is 3.05. The molecule has 140 valence electrons. The highest BCUT2D eigenvalue weighted by atomic mass is 19.1. The first-order chi connectivity index (χ1) is 13.6. The molecule has 2 aromatic heterocycles. The number of hydrogen-bond donors (Lipinski definition) is 3. The first-order valence-electron chi connectivity index (χ1n) is 8.82. The molecule has 1 aliphatic heterocycles. The molecule has 1 aliphatic carbocycles. The van der Waals surface area contributed by atoms with Crippen LogP contribution < -0.4 is 16.0 Å². The molecule has 0 unspecified atom stereocenters. The van der Waals surface area contributed by atoms with Gasteiger partial charge in [-0.2, -0.15) is 9.61 Å². The van der Waals surface area contributed by atoms with Crippen molar-refractivity contribution in [3.8, 4) is 11.3 Å². The van der Waals surface area contributed by atoms with Crippen LogP contribution in [0.4, 0.5) is 15.0 Å². The van der Waals surface area contributed by atoms with Gasteiger partial charge in [0.15, 0.2) is 5.65 Å². The van der Waals surface area contributed by atoms with Crippen LogP contribution in [0.3, 0.4) is 0 Å². The summed E-state index contributed by atoms with van der Waals surface area (Å²) in [6, 6.07) is 7.83. The van der Waals surface area contributed by atoms with Crippen molar-refractivity contribution in [2.24, 2.45) is 0 Å². The van der Waals surface area contributed by atoms with Crippen molar-refractivity contribution in [3.05, 3.63) is 53.6 Å². The van der Waals surface area contributed by atoms with Gasteiger partial charge in [-0.3, -0.25) is 10.1 Å². The minimum atomic E-state index is -0.572. The number of fused-ring (bicyclic) bond motifs is 1. The number of halogens is 1. The van der Waals surface area contributed by atoms with Gasteiger partial charge < -0.3 is 10.6 Å². The molecule has 3 aromatic rings. The van der Waals surface area contributed by atoms with Gasteiger partial charge in [0.1, 0.15) is 17.3 Å². The number of carbonyl (C=O) groups excluding carboxylic acids is 2. The molecule has 3 amide bonds. The molecule has 3 N–H and O–H groups in total. The van der Waals surface area contributed by atoms with Crippen molar-refractivity contribution in [3.63, 3.8) is 0 Å². The molecule has 1 aromatic carbocycles. The quantitative estimate of drug-likeness (QED) is 0.478. The Morgan fingerprint density at radius 2 is 2.07 bits per heavy atom. The Morgan fingerprint density at radius 1 is 1.21 bits per heavy atom. The topological polar surface area (TPSA) is 100 Å². The summed E-state index contributed by atoms with van der Waals surface area (Å²) in [4.78, 5) is 27.8. The molecule has 0 radical (unpaired) electrons. The Morgan fingerprint density at radius 3 is 2.79 bits per heavy atom. The van der Waals surface area contributed by atoms with Crippen molar-refractivity contribution in [2.75, 3.05) is 5.32 Å². The van der Waals surface area contributed by atoms with Crippen LogP contribution in [-0.2, 0) is 4.79 Å². The second kappa shape index (κ2) is 6.15. The van der Waals surface area contributed by atoms with Gasteiger partial charge in [-0.15, -0.1) is 0 Å². The maximum atomic E-state index is 13.7. The van der Waals surface area contributed by atoms with Gasteiger partial charge >= 0.3 is 6.03 Å². The molecule has 9 heteroatoms. The van der Waals surface area contributed by atoms with E-state index in [-0.39, 0.29) is 11.5 Å². The minimum Gasteiger partial charge on any atom is -0.367 e. The number of hydrogen-bond acceptors (Lipinski definition) is 5. The van der Waals surface area contributed by atoms with Crippen LogP contribution in [-0.4, -0.2) is 32.6 Å². The van der Waals surface area contributed by atoms with Crippen molar-refractivity contribution >= 4 is 29.5 Å². The predicted octanol–water partition coefficient (Wildman–Crippen LogP) is 2.29. The third-order valence-electron chi connectivity index (χ3n) is 4.57. The van der Waals surface area contributed by atoms with Crippen molar-refractivity contribution in [2.45, 2.75) is 18.9 Å². The van der Waals surface area contributed by atoms with Gasteiger partial charge in [-0.25, -0.2) is 14.2 Å². The smallest absolute Gasteiger partial charge is 0.326 e. The fraction of sp³-hybridized carbons (Fsp3) is 0.158. The average molecular weight is 378 g/mol. The Hall–Kier alpha value is -3.75. The average Bonchev–Trinajstić information content (AvgIpc) is 3.30. The van der Waals surface area contributed by atoms with Crippen molar-refractivity contribution < 1.29 is 14.0 Å². The van der Waals surface area contributed by atoms with E-state index in [2.05, 4.69) is 26.0 Å². The number of aromatic nitrogens is 3. The lowest BCUT2D eigenvalue weighted by Crippen LogP contribution is -2.22. The van der Waals surface area contributed by atoms with E-state index in [4.69, 9.17) is 0 Å². The molecular formula is C19H15FN6O2. The maximum absolute atomic E-state index is 13.7. The summed E-state index contributed by atoms with van der Waals surface area (Å²) in [5.41, 5.74) is 2.38. The lowest BCUT2D eigenvalue weighted by molar-refractivity contribution is -0.115. The largest absolute Gasteiger partial charge is 0.367 e. The van der Waals surface area contributed by atoms with E-state index >= 15 is 0 Å². The molecule has 0 spiro atoms. The number of carbonyl (C=O) groups is 2. The van der Waals surface area contributed by atoms with E-state index < -0.39 is 11.9 Å². The van der Waals surface area contributed by atoms with E-state index in [0.717, 1.165) is 18.7 Å². The zero-order valence-corrected chi connectivity index (χ0v) is 14.6. The number of urea groups is 1. The summed E-state index contributed by atoms with van der Waals surface area (Å²) in [5.74, 6) is -0.129. The summed E-state index contributed by atoms with van der Waals surface area (Å²) in [5, 5.41) is 12.4. The fourth-order valence-electron chi connectivity index (χ4n) is 3.05. The molecule has 2 aliphatic rings. The number of amides is 3. The van der Waals surface area contributed by atoms with Crippen LogP contribution >= 0.6 is 0 Å². The van der Waals surface area contributed by atoms with Gasteiger partial charge in [0.05, 0.1) is 11.9 Å². The lowest BCUT2D eigenvalue weighted by atomic mass is 10.1. The summed E-state index contributed by atoms with van der Waals surface area (Å²) in [7, 11) is 0. The van der Waals surface area contributed by atoms with Crippen LogP contribution in [0, 0.1) is 5.82 Å². The number of nitrogens with zero attached hydrogens (tertiary/aromatic N) is 3. The van der Waals surface area contributed by atoms with Gasteiger partial charge in [0.2, 0.25) is 0 Å². The van der Waals surface area contributed by atoms with E-state index in [1.807, 2.05) is 6.07 Å². The second-order valence-electron chi connectivity index (χ2n) is 6.76. The number of imide groups is 1. The molecule has 2 fully saturated rings. The predicted molar refractivity (Wildman–Crippen MR) is 99.7 cm³/mol. The number of benzene rings is 1. The maximum Gasteiger partial charge on any atom is 0.326 e. The zero-order chi connectivity index (χ0) is 19.3. The highest BCUT2D eigenvalue weighted by Crippen LogP contribution is 2.29. The normalized spacial score (nSPS) is 17.8. The Labute approximate surface area is 158 Å². The molecule has 0 bridgehead atoms.